The van der Waals surface area contributed by atoms with Gasteiger partial charge in [-0.15, -0.1) is 0 Å². The van der Waals surface area contributed by atoms with Crippen molar-refractivity contribution in [1.82, 2.24) is 9.55 Å². The lowest BCUT2D eigenvalue weighted by Gasteiger charge is -2.01. The van der Waals surface area contributed by atoms with Gasteiger partial charge in [0.15, 0.2) is 4.80 Å². The first-order valence-electron chi connectivity index (χ1n) is 5.90. The molecular formula is C14H10ClN3OS. The van der Waals surface area contributed by atoms with E-state index in [1.54, 1.807) is 37.5 Å². The summed E-state index contributed by atoms with van der Waals surface area (Å²) in [6, 6.07) is 10.7. The van der Waals surface area contributed by atoms with Crippen molar-refractivity contribution in [3.8, 4) is 0 Å². The zero-order chi connectivity index (χ0) is 14.1. The van der Waals surface area contributed by atoms with Crippen LogP contribution in [0, 0.1) is 0 Å². The maximum absolute atomic E-state index is 12.2. The topological polar surface area (TPSA) is 47.2 Å². The van der Waals surface area contributed by atoms with Gasteiger partial charge in [0.1, 0.15) is 4.83 Å². The van der Waals surface area contributed by atoms with Gasteiger partial charge in [0.25, 0.3) is 5.56 Å². The summed E-state index contributed by atoms with van der Waals surface area (Å²) in [5, 5.41) is 1.26. The van der Waals surface area contributed by atoms with E-state index in [-0.39, 0.29) is 5.56 Å². The Bertz CT molecular complexity index is 897. The second-order valence-electron chi connectivity index (χ2n) is 4.19. The minimum atomic E-state index is -0.0976. The van der Waals surface area contributed by atoms with Crippen LogP contribution in [0.3, 0.4) is 0 Å². The Hall–Kier alpha value is -1.98. The van der Waals surface area contributed by atoms with Gasteiger partial charge in [-0.05, 0) is 36.4 Å². The van der Waals surface area contributed by atoms with E-state index in [0.29, 0.717) is 20.0 Å². The van der Waals surface area contributed by atoms with Gasteiger partial charge in [0.05, 0.1) is 11.1 Å². The molecule has 4 nitrogen and oxygen atoms in total. The molecule has 6 heteroatoms. The highest BCUT2D eigenvalue weighted by Gasteiger charge is 2.04. The number of pyridine rings is 1. The lowest BCUT2D eigenvalue weighted by molar-refractivity contribution is 0.832. The molecule has 0 aliphatic carbocycles. The Morgan fingerprint density at radius 1 is 1.25 bits per heavy atom. The molecule has 2 aromatic heterocycles. The van der Waals surface area contributed by atoms with Crippen LogP contribution in [0.1, 0.15) is 0 Å². The molecule has 3 rings (SSSR count). The van der Waals surface area contributed by atoms with E-state index in [4.69, 9.17) is 11.6 Å². The van der Waals surface area contributed by atoms with Crippen molar-refractivity contribution in [2.45, 2.75) is 0 Å². The average molecular weight is 304 g/mol. The Kier molecular flexibility index (Phi) is 3.38. The molecule has 2 heterocycles. The molecule has 0 saturated carbocycles. The number of hydrogen-bond acceptors (Lipinski definition) is 4. The van der Waals surface area contributed by atoms with Crippen LogP contribution >= 0.6 is 22.9 Å². The van der Waals surface area contributed by atoms with Crippen LogP contribution in [0.4, 0.5) is 5.69 Å². The van der Waals surface area contributed by atoms with Gasteiger partial charge < -0.3 is 0 Å². The van der Waals surface area contributed by atoms with E-state index in [9.17, 15) is 4.79 Å². The van der Waals surface area contributed by atoms with Crippen LogP contribution < -0.4 is 10.4 Å². The lowest BCUT2D eigenvalue weighted by Crippen LogP contribution is -2.28. The van der Waals surface area contributed by atoms with Gasteiger partial charge >= 0.3 is 0 Å². The molecule has 3 aromatic rings. The van der Waals surface area contributed by atoms with Crippen molar-refractivity contribution >= 4 is 38.8 Å². The Morgan fingerprint density at radius 2 is 2.00 bits per heavy atom. The fourth-order valence-corrected chi connectivity index (χ4v) is 2.83. The third-order valence-electron chi connectivity index (χ3n) is 2.83. The van der Waals surface area contributed by atoms with E-state index in [0.717, 1.165) is 5.69 Å². The summed E-state index contributed by atoms with van der Waals surface area (Å²) in [5.41, 5.74) is 0.649. The summed E-state index contributed by atoms with van der Waals surface area (Å²) >= 11 is 7.22. The molecule has 0 aliphatic rings. The first-order chi connectivity index (χ1) is 9.65. The van der Waals surface area contributed by atoms with E-state index in [1.165, 1.54) is 15.9 Å². The number of nitrogens with zero attached hydrogens (tertiary/aromatic N) is 3. The Labute approximate surface area is 123 Å². The fourth-order valence-electron chi connectivity index (χ4n) is 1.78. The summed E-state index contributed by atoms with van der Waals surface area (Å²) in [4.78, 5) is 22.2. The molecule has 0 unspecified atom stereocenters. The highest BCUT2D eigenvalue weighted by Crippen LogP contribution is 2.16. The molecule has 20 heavy (non-hydrogen) atoms. The van der Waals surface area contributed by atoms with Gasteiger partial charge in [0.2, 0.25) is 0 Å². The summed E-state index contributed by atoms with van der Waals surface area (Å²) in [5.74, 6) is 0. The van der Waals surface area contributed by atoms with Crippen molar-refractivity contribution in [3.63, 3.8) is 0 Å². The highest BCUT2D eigenvalue weighted by molar-refractivity contribution is 7.15. The minimum Gasteiger partial charge on any atom is -0.287 e. The largest absolute Gasteiger partial charge is 0.287 e. The first-order valence-corrected chi connectivity index (χ1v) is 7.10. The Morgan fingerprint density at radius 3 is 2.75 bits per heavy atom. The van der Waals surface area contributed by atoms with Crippen molar-refractivity contribution < 1.29 is 0 Å². The highest BCUT2D eigenvalue weighted by atomic mass is 35.5. The third-order valence-corrected chi connectivity index (χ3v) is 4.15. The van der Waals surface area contributed by atoms with Crippen LogP contribution in [0.15, 0.2) is 52.4 Å². The van der Waals surface area contributed by atoms with E-state index in [2.05, 4.69) is 9.98 Å². The summed E-state index contributed by atoms with van der Waals surface area (Å²) in [7, 11) is 1.71. The second kappa shape index (κ2) is 5.19. The monoisotopic (exact) mass is 303 g/mol. The lowest BCUT2D eigenvalue weighted by atomic mass is 10.3. The van der Waals surface area contributed by atoms with Crippen LogP contribution in [0.2, 0.25) is 5.02 Å². The molecular weight excluding hydrogens is 294 g/mol. The SMILES string of the molecule is Cn1c(=Nc2ccc(Cl)cc2)sc2ncccc2c1=O. The fraction of sp³-hybridized carbons (Fsp3) is 0.0714. The van der Waals surface area contributed by atoms with Crippen LogP contribution in [-0.4, -0.2) is 9.55 Å². The molecule has 0 bridgehead atoms. The first kappa shape index (κ1) is 13.0. The van der Waals surface area contributed by atoms with Crippen molar-refractivity contribution in [2.24, 2.45) is 12.0 Å². The van der Waals surface area contributed by atoms with Crippen molar-refractivity contribution in [3.05, 3.63) is 62.8 Å². The quantitative estimate of drug-likeness (QED) is 0.694. The number of aromatic nitrogens is 2. The second-order valence-corrected chi connectivity index (χ2v) is 5.59. The number of benzene rings is 1. The van der Waals surface area contributed by atoms with E-state index < -0.39 is 0 Å². The van der Waals surface area contributed by atoms with Gasteiger partial charge in [-0.2, -0.15) is 0 Å². The number of hydrogen-bond donors (Lipinski definition) is 0. The zero-order valence-corrected chi connectivity index (χ0v) is 12.1. The third kappa shape index (κ3) is 2.37. The van der Waals surface area contributed by atoms with Gasteiger partial charge in [-0.25, -0.2) is 9.98 Å². The maximum atomic E-state index is 12.2. The smallest absolute Gasteiger partial charge is 0.262 e. The molecule has 0 N–H and O–H groups in total. The summed E-state index contributed by atoms with van der Waals surface area (Å²) < 4.78 is 1.53. The zero-order valence-electron chi connectivity index (χ0n) is 10.6. The molecule has 0 amide bonds. The minimum absolute atomic E-state index is 0.0976. The molecule has 0 fully saturated rings. The molecule has 0 aliphatic heterocycles. The molecule has 0 spiro atoms. The average Bonchev–Trinajstić information content (AvgIpc) is 2.47. The maximum Gasteiger partial charge on any atom is 0.262 e. The molecule has 0 radical (unpaired) electrons. The Balaban J connectivity index is 2.29. The molecule has 0 saturated heterocycles. The molecule has 100 valence electrons. The number of rotatable bonds is 1. The molecule has 1 aromatic carbocycles. The predicted octanol–water partition coefficient (Wildman–Crippen LogP) is 2.88. The number of halogens is 1. The predicted molar refractivity (Wildman–Crippen MR) is 81.5 cm³/mol. The van der Waals surface area contributed by atoms with Crippen molar-refractivity contribution in [2.75, 3.05) is 0 Å². The normalized spacial score (nSPS) is 12.0. The van der Waals surface area contributed by atoms with E-state index in [1.807, 2.05) is 12.1 Å². The standard InChI is InChI=1S/C14H10ClN3OS/c1-18-13(19)11-3-2-8-16-12(11)20-14(18)17-10-6-4-9(15)5-7-10/h2-8H,1H3. The van der Waals surface area contributed by atoms with Crippen molar-refractivity contribution in [1.29, 1.82) is 0 Å². The van der Waals surface area contributed by atoms with Crippen LogP contribution in [0.25, 0.3) is 10.2 Å². The van der Waals surface area contributed by atoms with Gasteiger partial charge in [-0.3, -0.25) is 9.36 Å². The summed E-state index contributed by atoms with van der Waals surface area (Å²) in [6.07, 6.45) is 1.67. The van der Waals surface area contributed by atoms with Crippen LogP contribution in [0.5, 0.6) is 0 Å². The van der Waals surface area contributed by atoms with Crippen LogP contribution in [-0.2, 0) is 7.05 Å². The van der Waals surface area contributed by atoms with Gasteiger partial charge in [0, 0.05) is 18.3 Å². The molecule has 0 atom stereocenters. The van der Waals surface area contributed by atoms with E-state index >= 15 is 0 Å². The summed E-state index contributed by atoms with van der Waals surface area (Å²) in [6.45, 7) is 0. The number of fused-ring (bicyclic) bond motifs is 1. The van der Waals surface area contributed by atoms with Gasteiger partial charge in [-0.1, -0.05) is 22.9 Å².